The van der Waals surface area contributed by atoms with E-state index in [-0.39, 0.29) is 0 Å². The van der Waals surface area contributed by atoms with Crippen molar-refractivity contribution in [1.29, 1.82) is 0 Å². The summed E-state index contributed by atoms with van der Waals surface area (Å²) in [4.78, 5) is 4.22. The van der Waals surface area contributed by atoms with Crippen LogP contribution in [0.3, 0.4) is 0 Å². The zero-order valence-electron chi connectivity index (χ0n) is 16.0. The second-order valence-corrected chi connectivity index (χ2v) is 6.10. The molecule has 2 aromatic rings. The summed E-state index contributed by atoms with van der Waals surface area (Å²) in [5.74, 6) is 2.93. The molecule has 0 saturated carbocycles. The van der Waals surface area contributed by atoms with Crippen LogP contribution in [-0.2, 0) is 6.54 Å². The first-order chi connectivity index (χ1) is 12.8. The number of hydrogen-bond donors (Lipinski definition) is 2. The zero-order chi connectivity index (χ0) is 18.6. The smallest absolute Gasteiger partial charge is 0.191 e. The summed E-state index contributed by atoms with van der Waals surface area (Å²) in [6.45, 7) is 6.35. The molecule has 6 heteroatoms. The molecule has 2 rings (SSSR count). The van der Waals surface area contributed by atoms with E-state index in [1.54, 1.807) is 7.05 Å². The monoisotopic (exact) mass is 358 g/mol. The third-order valence-electron chi connectivity index (χ3n) is 4.26. The van der Waals surface area contributed by atoms with Crippen LogP contribution in [0.25, 0.3) is 0 Å². The van der Waals surface area contributed by atoms with Crippen LogP contribution in [-0.4, -0.2) is 31.3 Å². The van der Waals surface area contributed by atoms with E-state index in [4.69, 9.17) is 9.26 Å². The Morgan fingerprint density at radius 1 is 1.19 bits per heavy atom. The van der Waals surface area contributed by atoms with Gasteiger partial charge in [0.2, 0.25) is 0 Å². The van der Waals surface area contributed by atoms with Gasteiger partial charge in [0, 0.05) is 25.6 Å². The van der Waals surface area contributed by atoms with Crippen LogP contribution in [0.1, 0.15) is 50.5 Å². The number of guanidine groups is 1. The van der Waals surface area contributed by atoms with Gasteiger partial charge >= 0.3 is 0 Å². The highest BCUT2D eigenvalue weighted by Gasteiger charge is 2.13. The Morgan fingerprint density at radius 2 is 1.96 bits per heavy atom. The molecule has 1 heterocycles. The Labute approximate surface area is 156 Å². The van der Waals surface area contributed by atoms with Gasteiger partial charge in [-0.25, -0.2) is 0 Å². The Morgan fingerprint density at radius 3 is 2.65 bits per heavy atom. The standard InChI is InChI=1S/C20H30N4O2/c1-4-16(5-2)19-14-18(26-24-19)15-23-20(21-3)22-12-9-13-25-17-10-7-6-8-11-17/h6-8,10-11,14,16H,4-5,9,12-13,15H2,1-3H3,(H2,21,22,23). The fourth-order valence-corrected chi connectivity index (χ4v) is 2.69. The maximum Gasteiger partial charge on any atom is 0.191 e. The van der Waals surface area contributed by atoms with Gasteiger partial charge in [-0.15, -0.1) is 0 Å². The first-order valence-electron chi connectivity index (χ1n) is 9.34. The van der Waals surface area contributed by atoms with Crippen molar-refractivity contribution in [1.82, 2.24) is 15.8 Å². The number of nitrogens with one attached hydrogen (secondary N) is 2. The highest BCUT2D eigenvalue weighted by atomic mass is 16.5. The Hall–Kier alpha value is -2.50. The van der Waals surface area contributed by atoms with Crippen molar-refractivity contribution in [2.45, 2.75) is 45.6 Å². The van der Waals surface area contributed by atoms with Gasteiger partial charge in [-0.05, 0) is 31.4 Å². The molecule has 0 spiro atoms. The van der Waals surface area contributed by atoms with Gasteiger partial charge in [-0.2, -0.15) is 0 Å². The van der Waals surface area contributed by atoms with Crippen LogP contribution in [0.4, 0.5) is 0 Å². The van der Waals surface area contributed by atoms with Crippen molar-refractivity contribution in [3.63, 3.8) is 0 Å². The lowest BCUT2D eigenvalue weighted by Crippen LogP contribution is -2.37. The third kappa shape index (κ3) is 6.43. The van der Waals surface area contributed by atoms with Gasteiger partial charge in [0.05, 0.1) is 18.8 Å². The number of rotatable bonds is 10. The quantitative estimate of drug-likeness (QED) is 0.385. The minimum Gasteiger partial charge on any atom is -0.494 e. The number of ether oxygens (including phenoxy) is 1. The fraction of sp³-hybridized carbons (Fsp3) is 0.500. The van der Waals surface area contributed by atoms with E-state index in [0.29, 0.717) is 19.1 Å². The van der Waals surface area contributed by atoms with Gasteiger partial charge < -0.3 is 19.9 Å². The molecular weight excluding hydrogens is 328 g/mol. The molecule has 0 aliphatic rings. The normalized spacial score (nSPS) is 11.6. The lowest BCUT2D eigenvalue weighted by atomic mass is 9.99. The summed E-state index contributed by atoms with van der Waals surface area (Å²) in [5, 5.41) is 10.7. The molecule has 0 fully saturated rings. The number of hydrogen-bond acceptors (Lipinski definition) is 4. The van der Waals surface area contributed by atoms with Crippen molar-refractivity contribution in [3.8, 4) is 5.75 Å². The van der Waals surface area contributed by atoms with Crippen LogP contribution in [0.15, 0.2) is 45.9 Å². The first-order valence-corrected chi connectivity index (χ1v) is 9.34. The van der Waals surface area contributed by atoms with Gasteiger partial charge in [-0.1, -0.05) is 37.2 Å². The number of benzene rings is 1. The number of nitrogens with zero attached hydrogens (tertiary/aromatic N) is 2. The average molecular weight is 358 g/mol. The average Bonchev–Trinajstić information content (AvgIpc) is 3.14. The molecule has 0 aliphatic heterocycles. The molecule has 0 radical (unpaired) electrons. The Bertz CT molecular complexity index is 651. The van der Waals surface area contributed by atoms with Crippen LogP contribution in [0.5, 0.6) is 5.75 Å². The van der Waals surface area contributed by atoms with Gasteiger partial charge in [-0.3, -0.25) is 4.99 Å². The van der Waals surface area contributed by atoms with E-state index < -0.39 is 0 Å². The van der Waals surface area contributed by atoms with Crippen LogP contribution >= 0.6 is 0 Å². The van der Waals surface area contributed by atoms with Crippen molar-refractivity contribution < 1.29 is 9.26 Å². The van der Waals surface area contributed by atoms with Crippen LogP contribution in [0.2, 0.25) is 0 Å². The second-order valence-electron chi connectivity index (χ2n) is 6.10. The van der Waals surface area contributed by atoms with Crippen molar-refractivity contribution in [2.24, 2.45) is 4.99 Å². The Kier molecular flexibility index (Phi) is 8.52. The van der Waals surface area contributed by atoms with Gasteiger partial charge in [0.25, 0.3) is 0 Å². The van der Waals surface area contributed by atoms with Gasteiger partial charge in [0.1, 0.15) is 5.75 Å². The summed E-state index contributed by atoms with van der Waals surface area (Å²) in [6.07, 6.45) is 3.03. The predicted octanol–water partition coefficient (Wildman–Crippen LogP) is 3.71. The summed E-state index contributed by atoms with van der Waals surface area (Å²) in [7, 11) is 1.76. The van der Waals surface area contributed by atoms with Gasteiger partial charge in [0.15, 0.2) is 11.7 Å². The largest absolute Gasteiger partial charge is 0.494 e. The third-order valence-corrected chi connectivity index (χ3v) is 4.26. The SMILES string of the molecule is CCC(CC)c1cc(CNC(=NC)NCCCOc2ccccc2)on1. The number of para-hydroxylation sites is 1. The highest BCUT2D eigenvalue weighted by molar-refractivity contribution is 5.79. The number of aromatic nitrogens is 1. The molecule has 1 aromatic heterocycles. The first kappa shape index (κ1) is 19.8. The van der Waals surface area contributed by atoms with Crippen molar-refractivity contribution >= 4 is 5.96 Å². The molecule has 0 bridgehead atoms. The van der Waals surface area contributed by atoms with E-state index in [1.165, 1.54) is 0 Å². The van der Waals surface area contributed by atoms with E-state index in [0.717, 1.165) is 49.0 Å². The minimum atomic E-state index is 0.467. The molecule has 0 atom stereocenters. The molecule has 0 saturated heterocycles. The molecule has 26 heavy (non-hydrogen) atoms. The van der Waals surface area contributed by atoms with E-state index in [9.17, 15) is 0 Å². The summed E-state index contributed by atoms with van der Waals surface area (Å²) in [6, 6.07) is 11.9. The molecule has 2 N–H and O–H groups in total. The van der Waals surface area contributed by atoms with Crippen LogP contribution in [0, 0.1) is 0 Å². The molecule has 142 valence electrons. The fourth-order valence-electron chi connectivity index (χ4n) is 2.69. The number of aliphatic imine (C=N–C) groups is 1. The summed E-state index contributed by atoms with van der Waals surface area (Å²) in [5.41, 5.74) is 1.04. The maximum absolute atomic E-state index is 5.67. The molecule has 6 nitrogen and oxygen atoms in total. The van der Waals surface area contributed by atoms with Crippen LogP contribution < -0.4 is 15.4 Å². The Balaban J connectivity index is 1.66. The van der Waals surface area contributed by atoms with Crippen molar-refractivity contribution in [3.05, 3.63) is 47.9 Å². The maximum atomic E-state index is 5.67. The summed E-state index contributed by atoms with van der Waals surface area (Å²) < 4.78 is 11.1. The second kappa shape index (κ2) is 11.2. The highest BCUT2D eigenvalue weighted by Crippen LogP contribution is 2.22. The van der Waals surface area contributed by atoms with E-state index >= 15 is 0 Å². The molecular formula is C20H30N4O2. The van der Waals surface area contributed by atoms with E-state index in [1.807, 2.05) is 36.4 Å². The molecule has 0 unspecified atom stereocenters. The van der Waals surface area contributed by atoms with E-state index in [2.05, 4.69) is 34.6 Å². The zero-order valence-corrected chi connectivity index (χ0v) is 16.0. The topological polar surface area (TPSA) is 71.7 Å². The molecule has 0 aliphatic carbocycles. The lowest BCUT2D eigenvalue weighted by Gasteiger charge is -2.11. The minimum absolute atomic E-state index is 0.467. The van der Waals surface area contributed by atoms with Crippen molar-refractivity contribution in [2.75, 3.05) is 20.2 Å². The predicted molar refractivity (Wildman–Crippen MR) is 105 cm³/mol. The summed E-state index contributed by atoms with van der Waals surface area (Å²) >= 11 is 0. The molecule has 1 aromatic carbocycles. The molecule has 0 amide bonds. The lowest BCUT2D eigenvalue weighted by molar-refractivity contribution is 0.311.